The minimum atomic E-state index is 0.564. The highest BCUT2D eigenvalue weighted by Crippen LogP contribution is 2.90. The van der Waals surface area contributed by atoms with Crippen LogP contribution in [0.15, 0.2) is 30.3 Å². The number of hydrogen-bond acceptors (Lipinski definition) is 0. The van der Waals surface area contributed by atoms with Gasteiger partial charge < -0.3 is 0 Å². The molecule has 0 N–H and O–H groups in total. The summed E-state index contributed by atoms with van der Waals surface area (Å²) in [7, 11) is 0. The Morgan fingerprint density at radius 2 is 1.69 bits per heavy atom. The predicted octanol–water partition coefficient (Wildman–Crippen LogP) is 3.23. The molecule has 0 nitrogen and oxygen atoms in total. The van der Waals surface area contributed by atoms with Gasteiger partial charge in [-0.25, -0.2) is 0 Å². The van der Waals surface area contributed by atoms with Crippen LogP contribution in [0, 0.1) is 17.3 Å². The Kier molecular flexibility index (Phi) is 1.08. The summed E-state index contributed by atoms with van der Waals surface area (Å²) in [5, 5.41) is 0. The minimum absolute atomic E-state index is 0.564. The van der Waals surface area contributed by atoms with Gasteiger partial charge in [0.1, 0.15) is 0 Å². The molecule has 1 aromatic rings. The lowest BCUT2D eigenvalue weighted by molar-refractivity contribution is 0.348. The molecule has 0 spiro atoms. The Morgan fingerprint density at radius 1 is 1.08 bits per heavy atom. The van der Waals surface area contributed by atoms with Crippen molar-refractivity contribution in [1.82, 2.24) is 0 Å². The van der Waals surface area contributed by atoms with E-state index in [2.05, 4.69) is 51.1 Å². The Labute approximate surface area is 80.0 Å². The molecule has 2 aliphatic carbocycles. The molecule has 0 radical (unpaired) electrons. The van der Waals surface area contributed by atoms with Gasteiger partial charge >= 0.3 is 0 Å². The van der Waals surface area contributed by atoms with Gasteiger partial charge in [0, 0.05) is 5.41 Å². The SMILES string of the molecule is C[C@H]1[C@@H]2C(C)(C)[C@@]21c1ccccc1. The predicted molar refractivity (Wildman–Crippen MR) is 54.6 cm³/mol. The van der Waals surface area contributed by atoms with Crippen molar-refractivity contribution in [2.45, 2.75) is 26.2 Å². The van der Waals surface area contributed by atoms with Crippen molar-refractivity contribution in [2.75, 3.05) is 0 Å². The van der Waals surface area contributed by atoms with E-state index in [0.717, 1.165) is 11.8 Å². The summed E-state index contributed by atoms with van der Waals surface area (Å²) < 4.78 is 0. The van der Waals surface area contributed by atoms with Crippen LogP contribution in [0.5, 0.6) is 0 Å². The standard InChI is InChI=1S/C13H16/c1-9-11-12(2,3)13(9,11)10-7-5-4-6-8-10/h4-9,11H,1-3H3/t9-,11+,13-/m0/s1. The number of hydrogen-bond donors (Lipinski definition) is 0. The Morgan fingerprint density at radius 3 is 2.08 bits per heavy atom. The summed E-state index contributed by atoms with van der Waals surface area (Å²) in [6.07, 6.45) is 0. The van der Waals surface area contributed by atoms with Crippen LogP contribution >= 0.6 is 0 Å². The van der Waals surface area contributed by atoms with E-state index >= 15 is 0 Å². The normalized spacial score (nSPS) is 43.9. The van der Waals surface area contributed by atoms with Gasteiger partial charge in [0.15, 0.2) is 0 Å². The maximum absolute atomic E-state index is 2.41. The molecule has 2 saturated carbocycles. The van der Waals surface area contributed by atoms with E-state index in [1.54, 1.807) is 5.56 Å². The summed E-state index contributed by atoms with van der Waals surface area (Å²) >= 11 is 0. The highest BCUT2D eigenvalue weighted by molar-refractivity contribution is 5.53. The fraction of sp³-hybridized carbons (Fsp3) is 0.538. The number of fused-ring (bicyclic) bond motifs is 1. The molecule has 3 atom stereocenters. The van der Waals surface area contributed by atoms with Crippen LogP contribution in [0.2, 0.25) is 0 Å². The molecule has 0 saturated heterocycles. The zero-order valence-corrected chi connectivity index (χ0v) is 8.54. The molecule has 0 bridgehead atoms. The smallest absolute Gasteiger partial charge is 0.00724 e. The molecule has 0 heterocycles. The largest absolute Gasteiger partial charge is 0.0622 e. The Bertz CT molecular complexity index is 350. The number of benzene rings is 1. The van der Waals surface area contributed by atoms with Gasteiger partial charge in [0.25, 0.3) is 0 Å². The van der Waals surface area contributed by atoms with Crippen molar-refractivity contribution in [3.63, 3.8) is 0 Å². The van der Waals surface area contributed by atoms with Gasteiger partial charge in [-0.15, -0.1) is 0 Å². The lowest BCUT2D eigenvalue weighted by Gasteiger charge is -2.22. The number of rotatable bonds is 1. The van der Waals surface area contributed by atoms with Crippen LogP contribution in [0.25, 0.3) is 0 Å². The van der Waals surface area contributed by atoms with Crippen LogP contribution in [0.1, 0.15) is 26.3 Å². The third-order valence-electron chi connectivity index (χ3n) is 4.61. The first-order valence-corrected chi connectivity index (χ1v) is 5.19. The van der Waals surface area contributed by atoms with Crippen LogP contribution < -0.4 is 0 Å². The van der Waals surface area contributed by atoms with E-state index in [0.29, 0.717) is 10.8 Å². The summed E-state index contributed by atoms with van der Waals surface area (Å²) in [5.41, 5.74) is 2.71. The summed E-state index contributed by atoms with van der Waals surface area (Å²) in [4.78, 5) is 0. The second kappa shape index (κ2) is 1.84. The molecule has 13 heavy (non-hydrogen) atoms. The highest BCUT2D eigenvalue weighted by Gasteiger charge is 2.89. The van der Waals surface area contributed by atoms with Gasteiger partial charge in [0.2, 0.25) is 0 Å². The second-order valence-electron chi connectivity index (χ2n) is 5.22. The molecule has 0 aliphatic heterocycles. The third kappa shape index (κ3) is 0.590. The topological polar surface area (TPSA) is 0 Å². The first kappa shape index (κ1) is 7.61. The molecular formula is C13H16. The molecule has 2 fully saturated rings. The zero-order chi connectivity index (χ0) is 9.27. The van der Waals surface area contributed by atoms with Crippen LogP contribution in [-0.4, -0.2) is 0 Å². The van der Waals surface area contributed by atoms with E-state index in [1.807, 2.05) is 0 Å². The minimum Gasteiger partial charge on any atom is -0.0622 e. The average Bonchev–Trinajstić information content (AvgIpc) is 2.92. The molecule has 0 aromatic heterocycles. The van der Waals surface area contributed by atoms with Crippen molar-refractivity contribution in [3.8, 4) is 0 Å². The van der Waals surface area contributed by atoms with Crippen molar-refractivity contribution in [3.05, 3.63) is 35.9 Å². The average molecular weight is 172 g/mol. The van der Waals surface area contributed by atoms with Crippen molar-refractivity contribution >= 4 is 0 Å². The molecule has 3 rings (SSSR count). The highest BCUT2D eigenvalue weighted by atomic mass is 14.9. The zero-order valence-electron chi connectivity index (χ0n) is 8.54. The quantitative estimate of drug-likeness (QED) is 0.610. The first-order valence-electron chi connectivity index (χ1n) is 5.19. The third-order valence-corrected chi connectivity index (χ3v) is 4.61. The van der Waals surface area contributed by atoms with Gasteiger partial charge in [-0.1, -0.05) is 51.1 Å². The Hall–Kier alpha value is -0.780. The van der Waals surface area contributed by atoms with Gasteiger partial charge in [0.05, 0.1) is 0 Å². The maximum Gasteiger partial charge on any atom is 0.00724 e. The Balaban J connectivity index is 2.05. The van der Waals surface area contributed by atoms with E-state index in [4.69, 9.17) is 0 Å². The molecule has 0 heteroatoms. The summed E-state index contributed by atoms with van der Waals surface area (Å²) in [6.45, 7) is 7.21. The molecular weight excluding hydrogens is 156 g/mol. The molecule has 1 aromatic carbocycles. The van der Waals surface area contributed by atoms with E-state index in [1.165, 1.54) is 0 Å². The lowest BCUT2D eigenvalue weighted by Crippen LogP contribution is -2.17. The maximum atomic E-state index is 2.41. The first-order chi connectivity index (χ1) is 6.13. The monoisotopic (exact) mass is 172 g/mol. The van der Waals surface area contributed by atoms with Crippen LogP contribution in [0.3, 0.4) is 0 Å². The summed E-state index contributed by atoms with van der Waals surface area (Å²) in [6, 6.07) is 11.0. The molecule has 68 valence electrons. The molecule has 2 aliphatic rings. The van der Waals surface area contributed by atoms with E-state index in [-0.39, 0.29) is 0 Å². The van der Waals surface area contributed by atoms with Gasteiger partial charge in [-0.2, -0.15) is 0 Å². The molecule has 0 amide bonds. The van der Waals surface area contributed by atoms with E-state index in [9.17, 15) is 0 Å². The van der Waals surface area contributed by atoms with E-state index < -0.39 is 0 Å². The summed E-state index contributed by atoms with van der Waals surface area (Å²) in [5.74, 6) is 1.88. The van der Waals surface area contributed by atoms with Gasteiger partial charge in [-0.3, -0.25) is 0 Å². The van der Waals surface area contributed by atoms with Crippen molar-refractivity contribution in [2.24, 2.45) is 17.3 Å². The van der Waals surface area contributed by atoms with Crippen LogP contribution in [0.4, 0.5) is 0 Å². The lowest BCUT2D eigenvalue weighted by atomic mass is 9.82. The second-order valence-corrected chi connectivity index (χ2v) is 5.22. The van der Waals surface area contributed by atoms with Gasteiger partial charge in [-0.05, 0) is 22.8 Å². The van der Waals surface area contributed by atoms with Crippen molar-refractivity contribution < 1.29 is 0 Å². The fourth-order valence-corrected chi connectivity index (χ4v) is 4.04. The van der Waals surface area contributed by atoms with Crippen molar-refractivity contribution in [1.29, 1.82) is 0 Å². The fourth-order valence-electron chi connectivity index (χ4n) is 4.04. The van der Waals surface area contributed by atoms with Crippen LogP contribution in [-0.2, 0) is 5.41 Å². The molecule has 0 unspecified atom stereocenters.